The molecule has 1 aliphatic heterocycles. The summed E-state index contributed by atoms with van der Waals surface area (Å²) in [5.41, 5.74) is 2.22. The highest BCUT2D eigenvalue weighted by Crippen LogP contribution is 2.34. The second kappa shape index (κ2) is 6.75. The van der Waals surface area contributed by atoms with Crippen molar-refractivity contribution >= 4 is 17.5 Å². The molecule has 1 amide bonds. The van der Waals surface area contributed by atoms with Crippen molar-refractivity contribution in [2.24, 2.45) is 0 Å². The van der Waals surface area contributed by atoms with E-state index in [9.17, 15) is 18.0 Å². The zero-order valence-corrected chi connectivity index (χ0v) is 14.7. The van der Waals surface area contributed by atoms with Gasteiger partial charge in [-0.25, -0.2) is 4.98 Å². The highest BCUT2D eigenvalue weighted by molar-refractivity contribution is 6.30. The zero-order chi connectivity index (χ0) is 19.1. The largest absolute Gasteiger partial charge is 0.482 e. The number of ether oxygens (including phenoxy) is 1. The molecule has 0 saturated carbocycles. The van der Waals surface area contributed by atoms with Gasteiger partial charge in [0, 0.05) is 17.3 Å². The third-order valence-electron chi connectivity index (χ3n) is 4.19. The maximum absolute atomic E-state index is 12.6. The number of alkyl halides is 3. The number of carbonyl (C=O) groups excluding carboxylic acids is 1. The Hall–Kier alpha value is -2.35. The van der Waals surface area contributed by atoms with Gasteiger partial charge in [0.05, 0.1) is 24.5 Å². The molecule has 1 unspecified atom stereocenters. The Bertz CT molecular complexity index is 858. The van der Waals surface area contributed by atoms with Gasteiger partial charge in [0.15, 0.2) is 6.61 Å². The van der Waals surface area contributed by atoms with Crippen molar-refractivity contribution in [2.45, 2.75) is 32.6 Å². The van der Waals surface area contributed by atoms with E-state index >= 15 is 0 Å². The van der Waals surface area contributed by atoms with E-state index < -0.39 is 12.8 Å². The van der Waals surface area contributed by atoms with Crippen molar-refractivity contribution in [2.75, 3.05) is 6.61 Å². The van der Waals surface area contributed by atoms with Crippen LogP contribution in [0.5, 0.6) is 5.75 Å². The van der Waals surface area contributed by atoms with Crippen LogP contribution in [0.1, 0.15) is 40.1 Å². The van der Waals surface area contributed by atoms with Gasteiger partial charge >= 0.3 is 6.18 Å². The molecule has 2 aromatic heterocycles. The minimum atomic E-state index is -4.42. The lowest BCUT2D eigenvalue weighted by Gasteiger charge is -2.24. The highest BCUT2D eigenvalue weighted by Gasteiger charge is 2.34. The van der Waals surface area contributed by atoms with Gasteiger partial charge in [0.25, 0.3) is 5.91 Å². The van der Waals surface area contributed by atoms with Crippen LogP contribution < -0.4 is 4.74 Å². The van der Waals surface area contributed by atoms with Crippen molar-refractivity contribution in [1.29, 1.82) is 0 Å². The number of carbonyl (C=O) groups is 1. The topological polar surface area (TPSA) is 55.3 Å². The van der Waals surface area contributed by atoms with Gasteiger partial charge in [0.1, 0.15) is 10.9 Å². The summed E-state index contributed by atoms with van der Waals surface area (Å²) >= 11 is 6.05. The molecule has 1 atom stereocenters. The van der Waals surface area contributed by atoms with Crippen molar-refractivity contribution in [1.82, 2.24) is 14.9 Å². The zero-order valence-electron chi connectivity index (χ0n) is 14.0. The van der Waals surface area contributed by atoms with Crippen molar-refractivity contribution < 1.29 is 22.7 Å². The summed E-state index contributed by atoms with van der Waals surface area (Å²) < 4.78 is 41.6. The minimum Gasteiger partial charge on any atom is -0.482 e. The normalized spacial score (nSPS) is 15.2. The number of hydrogen-bond donors (Lipinski definition) is 0. The van der Waals surface area contributed by atoms with E-state index in [1.54, 1.807) is 30.9 Å². The van der Waals surface area contributed by atoms with Crippen LogP contribution >= 0.6 is 11.6 Å². The van der Waals surface area contributed by atoms with Crippen LogP contribution in [0.2, 0.25) is 5.15 Å². The fraction of sp³-hybridized carbons (Fsp3) is 0.353. The van der Waals surface area contributed by atoms with Crippen LogP contribution in [0.15, 0.2) is 24.5 Å². The second-order valence-electron chi connectivity index (χ2n) is 6.02. The summed E-state index contributed by atoms with van der Waals surface area (Å²) in [5.74, 6) is -0.129. The number of amides is 1. The van der Waals surface area contributed by atoms with E-state index in [0.29, 0.717) is 28.9 Å². The molecule has 3 rings (SSSR count). The Labute approximate surface area is 152 Å². The van der Waals surface area contributed by atoms with Crippen molar-refractivity contribution in [3.8, 4) is 5.75 Å². The summed E-state index contributed by atoms with van der Waals surface area (Å²) in [7, 11) is 0. The summed E-state index contributed by atoms with van der Waals surface area (Å²) in [5, 5.41) is 0.283. The first-order valence-corrected chi connectivity index (χ1v) is 8.15. The third-order valence-corrected chi connectivity index (χ3v) is 4.52. The number of halogens is 4. The van der Waals surface area contributed by atoms with Crippen LogP contribution in [-0.4, -0.2) is 33.6 Å². The van der Waals surface area contributed by atoms with Gasteiger partial charge in [-0.2, -0.15) is 13.2 Å². The lowest BCUT2D eigenvalue weighted by Crippen LogP contribution is -2.28. The standard InChI is InChI=1S/C17H15ClF3N3O2/c1-9-5-13(23-6-14(9)26-8-17(19,20)21)10(2)24-7-12-11(16(24)25)3-4-22-15(12)18/h3-6,10H,7-8H2,1-2H3. The molecule has 0 bridgehead atoms. The van der Waals surface area contributed by atoms with Crippen molar-refractivity contribution in [3.05, 3.63) is 52.1 Å². The maximum Gasteiger partial charge on any atom is 0.422 e. The van der Waals surface area contributed by atoms with Crippen molar-refractivity contribution in [3.63, 3.8) is 0 Å². The van der Waals surface area contributed by atoms with E-state index in [-0.39, 0.29) is 22.9 Å². The number of rotatable bonds is 4. The van der Waals surface area contributed by atoms with Gasteiger partial charge in [-0.15, -0.1) is 0 Å². The molecule has 138 valence electrons. The Morgan fingerprint density at radius 3 is 2.73 bits per heavy atom. The Morgan fingerprint density at radius 2 is 2.12 bits per heavy atom. The van der Waals surface area contributed by atoms with Crippen LogP contribution in [0, 0.1) is 6.92 Å². The van der Waals surface area contributed by atoms with Gasteiger partial charge in [-0.1, -0.05) is 11.6 Å². The van der Waals surface area contributed by atoms with E-state index in [1.807, 2.05) is 0 Å². The number of aryl methyl sites for hydroxylation is 1. The Kier molecular flexibility index (Phi) is 4.79. The summed E-state index contributed by atoms with van der Waals surface area (Å²) in [4.78, 5) is 22.3. The fourth-order valence-corrected chi connectivity index (χ4v) is 3.01. The molecular formula is C17H15ClF3N3O2. The molecule has 2 aromatic rings. The molecule has 26 heavy (non-hydrogen) atoms. The fourth-order valence-electron chi connectivity index (χ4n) is 2.79. The second-order valence-corrected chi connectivity index (χ2v) is 6.37. The molecule has 1 aliphatic rings. The average molecular weight is 386 g/mol. The van der Waals surface area contributed by atoms with Gasteiger partial charge in [0.2, 0.25) is 0 Å². The number of pyridine rings is 2. The monoisotopic (exact) mass is 385 g/mol. The van der Waals surface area contributed by atoms with E-state index in [2.05, 4.69) is 9.97 Å². The quantitative estimate of drug-likeness (QED) is 0.744. The number of hydrogen-bond acceptors (Lipinski definition) is 4. The number of nitrogens with zero attached hydrogens (tertiary/aromatic N) is 3. The predicted molar refractivity (Wildman–Crippen MR) is 88.1 cm³/mol. The van der Waals surface area contributed by atoms with Gasteiger partial charge in [-0.05, 0) is 31.5 Å². The molecular weight excluding hydrogens is 371 g/mol. The smallest absolute Gasteiger partial charge is 0.422 e. The van der Waals surface area contributed by atoms with Crippen LogP contribution in [0.4, 0.5) is 13.2 Å². The number of aromatic nitrogens is 2. The molecule has 0 radical (unpaired) electrons. The molecule has 9 heteroatoms. The van der Waals surface area contributed by atoms with Crippen LogP contribution in [0.25, 0.3) is 0 Å². The molecule has 0 aromatic carbocycles. The first-order valence-electron chi connectivity index (χ1n) is 7.78. The van der Waals surface area contributed by atoms with Crippen LogP contribution in [-0.2, 0) is 6.54 Å². The molecule has 0 spiro atoms. The predicted octanol–water partition coefficient (Wildman–Crippen LogP) is 4.10. The van der Waals surface area contributed by atoms with E-state index in [4.69, 9.17) is 16.3 Å². The highest BCUT2D eigenvalue weighted by atomic mass is 35.5. The lowest BCUT2D eigenvalue weighted by molar-refractivity contribution is -0.153. The van der Waals surface area contributed by atoms with Gasteiger partial charge in [-0.3, -0.25) is 9.78 Å². The van der Waals surface area contributed by atoms with E-state index in [0.717, 1.165) is 0 Å². The minimum absolute atomic E-state index is 0.0570. The first-order chi connectivity index (χ1) is 12.2. The molecule has 0 N–H and O–H groups in total. The molecule has 5 nitrogen and oxygen atoms in total. The molecule has 0 saturated heterocycles. The van der Waals surface area contributed by atoms with E-state index in [1.165, 1.54) is 12.4 Å². The Morgan fingerprint density at radius 1 is 1.38 bits per heavy atom. The first kappa shape index (κ1) is 18.4. The molecule has 0 aliphatic carbocycles. The summed E-state index contributed by atoms with van der Waals surface area (Å²) in [6.07, 6.45) is -1.70. The van der Waals surface area contributed by atoms with Crippen LogP contribution in [0.3, 0.4) is 0 Å². The Balaban J connectivity index is 1.79. The maximum atomic E-state index is 12.6. The SMILES string of the molecule is Cc1cc(C(C)N2Cc3c(ccnc3Cl)C2=O)ncc1OCC(F)(F)F. The molecule has 0 fully saturated rings. The van der Waals surface area contributed by atoms with Gasteiger partial charge < -0.3 is 9.64 Å². The molecule has 3 heterocycles. The summed E-state index contributed by atoms with van der Waals surface area (Å²) in [6, 6.07) is 2.84. The number of fused-ring (bicyclic) bond motifs is 1. The average Bonchev–Trinajstić information content (AvgIpc) is 2.91. The summed E-state index contributed by atoms with van der Waals surface area (Å²) in [6.45, 7) is 2.35. The lowest BCUT2D eigenvalue weighted by atomic mass is 10.1. The third kappa shape index (κ3) is 3.60.